The fraction of sp³-hybridized carbons (Fsp3) is 0.692. The minimum absolute atomic E-state index is 0.0773. The first-order valence-corrected chi connectivity index (χ1v) is 7.94. The summed E-state index contributed by atoms with van der Waals surface area (Å²) in [5.74, 6) is 1.05. The second-order valence-electron chi connectivity index (χ2n) is 5.24. The van der Waals surface area contributed by atoms with Gasteiger partial charge in [0, 0.05) is 30.8 Å². The zero-order chi connectivity index (χ0) is 14.5. The van der Waals surface area contributed by atoms with Crippen molar-refractivity contribution in [3.63, 3.8) is 0 Å². The number of nitrogens with zero attached hydrogens (tertiary/aromatic N) is 1. The molecule has 0 aromatic carbocycles. The summed E-state index contributed by atoms with van der Waals surface area (Å²) in [7, 11) is 0. The van der Waals surface area contributed by atoms with Crippen LogP contribution in [0.5, 0.6) is 0 Å². The van der Waals surface area contributed by atoms with E-state index in [1.165, 1.54) is 6.33 Å². The van der Waals surface area contributed by atoms with Crippen LogP contribution >= 0.6 is 11.8 Å². The smallest absolute Gasteiger partial charge is 0.274 e. The second kappa shape index (κ2) is 7.10. The van der Waals surface area contributed by atoms with Gasteiger partial charge in [-0.25, -0.2) is 4.98 Å². The summed E-state index contributed by atoms with van der Waals surface area (Å²) in [5, 5.41) is 16.4. The third-order valence-corrected chi connectivity index (χ3v) is 4.56. The van der Waals surface area contributed by atoms with Gasteiger partial charge in [0.15, 0.2) is 0 Å². The van der Waals surface area contributed by atoms with E-state index in [9.17, 15) is 9.90 Å². The summed E-state index contributed by atoms with van der Waals surface area (Å²) in [6, 6.07) is 0.0773. The molecule has 2 rings (SSSR count). The standard InChI is InChI=1S/C13H22N4O2S/c1-8(2)20-6-10(5-18)14-3-9-4-15-12-11(9)16-7-17-13(12)19/h7-10,14-15,18H,3-6H2,1-2H3,(H,16,17,19)/t9?,10-/m0/s1. The fourth-order valence-corrected chi connectivity index (χ4v) is 3.02. The molecule has 0 radical (unpaired) electrons. The number of H-pyrrole nitrogens is 1. The van der Waals surface area contributed by atoms with Gasteiger partial charge in [-0.1, -0.05) is 13.8 Å². The molecule has 20 heavy (non-hydrogen) atoms. The normalized spacial score (nSPS) is 18.9. The van der Waals surface area contributed by atoms with Gasteiger partial charge in [0.2, 0.25) is 0 Å². The van der Waals surface area contributed by atoms with E-state index in [0.717, 1.165) is 11.4 Å². The third-order valence-electron chi connectivity index (χ3n) is 3.30. The van der Waals surface area contributed by atoms with E-state index in [2.05, 4.69) is 34.4 Å². The van der Waals surface area contributed by atoms with Gasteiger partial charge in [0.1, 0.15) is 5.69 Å². The number of rotatable bonds is 7. The minimum Gasteiger partial charge on any atom is -0.395 e. The lowest BCUT2D eigenvalue weighted by atomic mass is 10.1. The number of aliphatic hydroxyl groups is 1. The molecular weight excluding hydrogens is 276 g/mol. The predicted octanol–water partition coefficient (Wildman–Crippen LogP) is 0.371. The molecule has 1 aromatic rings. The predicted molar refractivity (Wildman–Crippen MR) is 82.6 cm³/mol. The van der Waals surface area contributed by atoms with Crippen LogP contribution in [0.2, 0.25) is 0 Å². The summed E-state index contributed by atoms with van der Waals surface area (Å²) < 4.78 is 0. The summed E-state index contributed by atoms with van der Waals surface area (Å²) in [4.78, 5) is 18.4. The molecule has 112 valence electrons. The Bertz CT molecular complexity index is 492. The average molecular weight is 298 g/mol. The lowest BCUT2D eigenvalue weighted by molar-refractivity contribution is 0.252. The lowest BCUT2D eigenvalue weighted by Crippen LogP contribution is -2.38. The van der Waals surface area contributed by atoms with Gasteiger partial charge in [-0.2, -0.15) is 11.8 Å². The van der Waals surface area contributed by atoms with Crippen LogP contribution in [0, 0.1) is 0 Å². The molecule has 0 aliphatic carbocycles. The largest absolute Gasteiger partial charge is 0.395 e. The van der Waals surface area contributed by atoms with E-state index >= 15 is 0 Å². The van der Waals surface area contributed by atoms with E-state index in [-0.39, 0.29) is 24.1 Å². The molecule has 0 spiro atoms. The molecule has 2 atom stereocenters. The SMILES string of the molecule is CC(C)SC[C@H](CO)NCC1CNc2c1nc[nH]c2=O. The number of hydrogen-bond donors (Lipinski definition) is 4. The molecule has 0 bridgehead atoms. The van der Waals surface area contributed by atoms with Crippen molar-refractivity contribution < 1.29 is 5.11 Å². The number of aliphatic hydroxyl groups excluding tert-OH is 1. The first kappa shape index (κ1) is 15.3. The lowest BCUT2D eigenvalue weighted by Gasteiger charge is -2.19. The molecule has 1 aliphatic heterocycles. The Kier molecular flexibility index (Phi) is 5.45. The number of aromatic nitrogens is 2. The molecule has 7 heteroatoms. The Morgan fingerprint density at radius 3 is 3.10 bits per heavy atom. The molecular formula is C13H22N4O2S. The summed E-state index contributed by atoms with van der Waals surface area (Å²) in [5.41, 5.74) is 1.28. The average Bonchev–Trinajstić information content (AvgIpc) is 2.83. The summed E-state index contributed by atoms with van der Waals surface area (Å²) in [6.07, 6.45) is 1.44. The Balaban J connectivity index is 1.89. The molecule has 4 N–H and O–H groups in total. The van der Waals surface area contributed by atoms with Crippen LogP contribution in [-0.4, -0.2) is 51.8 Å². The van der Waals surface area contributed by atoms with Crippen molar-refractivity contribution in [3.05, 3.63) is 22.4 Å². The van der Waals surface area contributed by atoms with Crippen molar-refractivity contribution in [2.75, 3.05) is 30.8 Å². The molecule has 0 saturated heterocycles. The van der Waals surface area contributed by atoms with Crippen molar-refractivity contribution in [3.8, 4) is 0 Å². The van der Waals surface area contributed by atoms with E-state index < -0.39 is 0 Å². The number of fused-ring (bicyclic) bond motifs is 1. The van der Waals surface area contributed by atoms with Gasteiger partial charge in [-0.15, -0.1) is 0 Å². The molecule has 1 aliphatic rings. The van der Waals surface area contributed by atoms with Crippen molar-refractivity contribution in [2.24, 2.45) is 0 Å². The highest BCUT2D eigenvalue weighted by Gasteiger charge is 2.26. The molecule has 1 aromatic heterocycles. The molecule has 0 fully saturated rings. The summed E-state index contributed by atoms with van der Waals surface area (Å²) in [6.45, 7) is 5.83. The van der Waals surface area contributed by atoms with Crippen molar-refractivity contribution in [1.82, 2.24) is 15.3 Å². The molecule has 6 nitrogen and oxygen atoms in total. The molecule has 0 saturated carbocycles. The van der Waals surface area contributed by atoms with Crippen LogP contribution in [0.15, 0.2) is 11.1 Å². The van der Waals surface area contributed by atoms with Gasteiger partial charge >= 0.3 is 0 Å². The third kappa shape index (κ3) is 3.74. The highest BCUT2D eigenvalue weighted by atomic mass is 32.2. The fourth-order valence-electron chi connectivity index (χ4n) is 2.18. The summed E-state index contributed by atoms with van der Waals surface area (Å²) >= 11 is 1.83. The number of hydrogen-bond acceptors (Lipinski definition) is 6. The van der Waals surface area contributed by atoms with Gasteiger partial charge in [0.05, 0.1) is 18.6 Å². The van der Waals surface area contributed by atoms with Crippen LogP contribution in [0.3, 0.4) is 0 Å². The highest BCUT2D eigenvalue weighted by molar-refractivity contribution is 7.99. The van der Waals surface area contributed by atoms with E-state index in [4.69, 9.17) is 0 Å². The van der Waals surface area contributed by atoms with Crippen molar-refractivity contribution in [1.29, 1.82) is 0 Å². The van der Waals surface area contributed by atoms with Crippen LogP contribution in [-0.2, 0) is 0 Å². The number of thioether (sulfide) groups is 1. The monoisotopic (exact) mass is 298 g/mol. The Morgan fingerprint density at radius 2 is 2.40 bits per heavy atom. The zero-order valence-electron chi connectivity index (χ0n) is 11.8. The number of aromatic amines is 1. The maximum absolute atomic E-state index is 11.6. The van der Waals surface area contributed by atoms with E-state index in [1.807, 2.05) is 11.8 Å². The maximum atomic E-state index is 11.6. The van der Waals surface area contributed by atoms with Gasteiger partial charge in [-0.05, 0) is 5.25 Å². The van der Waals surface area contributed by atoms with Gasteiger partial charge < -0.3 is 20.7 Å². The highest BCUT2D eigenvalue weighted by Crippen LogP contribution is 2.25. The van der Waals surface area contributed by atoms with E-state index in [0.29, 0.717) is 24.0 Å². The Hall–Kier alpha value is -1.05. The van der Waals surface area contributed by atoms with Crippen LogP contribution in [0.1, 0.15) is 25.5 Å². The van der Waals surface area contributed by atoms with Crippen LogP contribution in [0.4, 0.5) is 5.69 Å². The topological polar surface area (TPSA) is 90.0 Å². The van der Waals surface area contributed by atoms with Gasteiger partial charge in [-0.3, -0.25) is 4.79 Å². The maximum Gasteiger partial charge on any atom is 0.274 e. The number of anilines is 1. The molecule has 0 amide bonds. The Morgan fingerprint density at radius 1 is 1.60 bits per heavy atom. The minimum atomic E-state index is -0.119. The first-order valence-electron chi connectivity index (χ1n) is 6.89. The zero-order valence-corrected chi connectivity index (χ0v) is 12.7. The molecule has 2 heterocycles. The molecule has 1 unspecified atom stereocenters. The van der Waals surface area contributed by atoms with Crippen LogP contribution < -0.4 is 16.2 Å². The number of nitrogens with one attached hydrogen (secondary N) is 3. The first-order chi connectivity index (χ1) is 9.61. The Labute approximate surface area is 122 Å². The van der Waals surface area contributed by atoms with Crippen LogP contribution in [0.25, 0.3) is 0 Å². The van der Waals surface area contributed by atoms with Crippen molar-refractivity contribution in [2.45, 2.75) is 31.1 Å². The van der Waals surface area contributed by atoms with Gasteiger partial charge in [0.25, 0.3) is 5.56 Å². The second-order valence-corrected chi connectivity index (χ2v) is 6.85. The van der Waals surface area contributed by atoms with Crippen molar-refractivity contribution >= 4 is 17.4 Å². The quantitative estimate of drug-likeness (QED) is 0.581. The van der Waals surface area contributed by atoms with E-state index in [1.54, 1.807) is 0 Å².